The third kappa shape index (κ3) is 1.25. The maximum atomic E-state index is 5.62. The smallest absolute Gasteiger partial charge is 0.167 e. The maximum absolute atomic E-state index is 5.62. The molecule has 2 aromatic rings. The highest BCUT2D eigenvalue weighted by Crippen LogP contribution is 2.65. The van der Waals surface area contributed by atoms with Crippen molar-refractivity contribution in [2.75, 3.05) is 5.73 Å². The highest BCUT2D eigenvalue weighted by molar-refractivity contribution is 5.45. The van der Waals surface area contributed by atoms with Gasteiger partial charge in [0.2, 0.25) is 0 Å². The van der Waals surface area contributed by atoms with Gasteiger partial charge in [-0.3, -0.25) is 0 Å². The summed E-state index contributed by atoms with van der Waals surface area (Å²) in [4.78, 5) is 0. The molecule has 3 heteroatoms. The molecule has 2 aliphatic rings. The van der Waals surface area contributed by atoms with E-state index in [-0.39, 0.29) is 0 Å². The minimum Gasteiger partial charge on any atom is -0.381 e. The first kappa shape index (κ1) is 9.28. The number of aromatic nitrogens is 1. The summed E-state index contributed by atoms with van der Waals surface area (Å²) >= 11 is 0. The predicted molar refractivity (Wildman–Crippen MR) is 64.7 cm³/mol. The minimum absolute atomic E-state index is 0.497. The molecule has 2 aliphatic carbocycles. The van der Waals surface area contributed by atoms with Crippen molar-refractivity contribution in [1.82, 2.24) is 5.16 Å². The van der Waals surface area contributed by atoms with Gasteiger partial charge in [-0.15, -0.1) is 0 Å². The van der Waals surface area contributed by atoms with Crippen LogP contribution in [0.25, 0.3) is 0 Å². The fourth-order valence-corrected chi connectivity index (χ4v) is 3.42. The fraction of sp³-hybridized carbons (Fsp3) is 0.357. The summed E-state index contributed by atoms with van der Waals surface area (Å²) in [5, 5.41) is 3.79. The number of fused-ring (bicyclic) bond motifs is 3. The van der Waals surface area contributed by atoms with E-state index in [0.717, 1.165) is 11.7 Å². The van der Waals surface area contributed by atoms with Crippen LogP contribution in [-0.2, 0) is 6.42 Å². The molecule has 0 aliphatic heterocycles. The summed E-state index contributed by atoms with van der Waals surface area (Å²) in [5.74, 6) is 3.33. The summed E-state index contributed by atoms with van der Waals surface area (Å²) in [6, 6.07) is 10.6. The van der Waals surface area contributed by atoms with Gasteiger partial charge in [-0.2, -0.15) is 0 Å². The molecular weight excluding hydrogens is 212 g/mol. The first-order valence-corrected chi connectivity index (χ1v) is 6.14. The summed E-state index contributed by atoms with van der Waals surface area (Å²) < 4.78 is 5.32. The van der Waals surface area contributed by atoms with E-state index in [4.69, 9.17) is 10.3 Å². The lowest BCUT2D eigenvalue weighted by atomic mass is 9.92. The number of hydrogen-bond donors (Lipinski definition) is 1. The maximum Gasteiger partial charge on any atom is 0.167 e. The van der Waals surface area contributed by atoms with E-state index in [1.165, 1.54) is 24.0 Å². The monoisotopic (exact) mass is 226 g/mol. The predicted octanol–water partition coefficient (Wildman–Crippen LogP) is 2.70. The summed E-state index contributed by atoms with van der Waals surface area (Å²) in [6.07, 6.45) is 2.45. The molecular formula is C14H14N2O. The van der Waals surface area contributed by atoms with Gasteiger partial charge in [0.05, 0.1) is 0 Å². The van der Waals surface area contributed by atoms with Crippen LogP contribution in [0.15, 0.2) is 34.9 Å². The Morgan fingerprint density at radius 3 is 2.94 bits per heavy atom. The van der Waals surface area contributed by atoms with E-state index in [0.29, 0.717) is 17.7 Å². The Bertz CT molecular complexity index is 575. The lowest BCUT2D eigenvalue weighted by Gasteiger charge is -2.13. The molecule has 0 saturated heterocycles. The molecule has 3 nitrogen and oxygen atoms in total. The number of hydrogen-bond acceptors (Lipinski definition) is 3. The van der Waals surface area contributed by atoms with Gasteiger partial charge < -0.3 is 10.3 Å². The normalized spacial score (nSPS) is 29.5. The van der Waals surface area contributed by atoms with Gasteiger partial charge in [0.1, 0.15) is 5.76 Å². The van der Waals surface area contributed by atoms with Crippen LogP contribution in [0, 0.1) is 5.92 Å². The second-order valence-electron chi connectivity index (χ2n) is 5.11. The number of nitrogen functional groups attached to an aromatic ring is 1. The molecule has 17 heavy (non-hydrogen) atoms. The van der Waals surface area contributed by atoms with Crippen molar-refractivity contribution in [3.8, 4) is 0 Å². The van der Waals surface area contributed by atoms with Gasteiger partial charge >= 0.3 is 0 Å². The van der Waals surface area contributed by atoms with E-state index in [1.54, 1.807) is 0 Å². The third-order valence-electron chi connectivity index (χ3n) is 4.20. The van der Waals surface area contributed by atoms with Gasteiger partial charge in [0.25, 0.3) is 0 Å². The average Bonchev–Trinajstić information content (AvgIpc) is 2.96. The van der Waals surface area contributed by atoms with Crippen molar-refractivity contribution in [3.05, 3.63) is 47.2 Å². The summed E-state index contributed by atoms with van der Waals surface area (Å²) in [6.45, 7) is 0. The molecule has 0 bridgehead atoms. The number of nitrogens with zero attached hydrogens (tertiary/aromatic N) is 1. The Morgan fingerprint density at radius 1 is 1.24 bits per heavy atom. The average molecular weight is 226 g/mol. The second kappa shape index (κ2) is 3.13. The van der Waals surface area contributed by atoms with Crippen LogP contribution in [0.4, 0.5) is 5.82 Å². The second-order valence-corrected chi connectivity index (χ2v) is 5.11. The minimum atomic E-state index is 0.497. The van der Waals surface area contributed by atoms with Gasteiger partial charge in [0, 0.05) is 12.0 Å². The number of benzene rings is 1. The zero-order chi connectivity index (χ0) is 11.4. The molecule has 86 valence electrons. The highest BCUT2D eigenvalue weighted by Gasteiger charge is 2.55. The van der Waals surface area contributed by atoms with Crippen LogP contribution < -0.4 is 5.73 Å². The van der Waals surface area contributed by atoms with Crippen LogP contribution in [0.3, 0.4) is 0 Å². The van der Waals surface area contributed by atoms with E-state index in [2.05, 4.69) is 29.4 Å². The zero-order valence-electron chi connectivity index (χ0n) is 9.47. The molecule has 1 aromatic heterocycles. The number of aryl methyl sites for hydroxylation is 1. The standard InChI is InChI=1S/C14H14N2O/c15-12-7-11(17-16-12)14-10-6-5-8-3-1-2-4-9(8)13(10)14/h1-4,7,10,13-14H,5-6H2,(H2,15,16). The SMILES string of the molecule is Nc1cc(C2C3CCc4ccccc4C32)on1. The summed E-state index contributed by atoms with van der Waals surface area (Å²) in [5.41, 5.74) is 8.63. The van der Waals surface area contributed by atoms with Crippen LogP contribution >= 0.6 is 0 Å². The van der Waals surface area contributed by atoms with Crippen molar-refractivity contribution in [2.24, 2.45) is 5.92 Å². The number of rotatable bonds is 1. The summed E-state index contributed by atoms with van der Waals surface area (Å²) in [7, 11) is 0. The van der Waals surface area contributed by atoms with Crippen LogP contribution in [-0.4, -0.2) is 5.16 Å². The Labute approximate surface area is 99.6 Å². The molecule has 3 unspecified atom stereocenters. The molecule has 1 aromatic carbocycles. The van der Waals surface area contributed by atoms with Gasteiger partial charge in [0.15, 0.2) is 5.82 Å². The third-order valence-corrected chi connectivity index (χ3v) is 4.20. The Balaban J connectivity index is 1.73. The van der Waals surface area contributed by atoms with Crippen LogP contribution in [0.1, 0.15) is 35.1 Å². The Kier molecular flexibility index (Phi) is 1.71. The largest absolute Gasteiger partial charge is 0.381 e. The van der Waals surface area contributed by atoms with E-state index >= 15 is 0 Å². The molecule has 0 spiro atoms. The Morgan fingerprint density at radius 2 is 2.12 bits per heavy atom. The van der Waals surface area contributed by atoms with E-state index in [1.807, 2.05) is 6.07 Å². The lowest BCUT2D eigenvalue weighted by molar-refractivity contribution is 0.382. The molecule has 2 N–H and O–H groups in total. The van der Waals surface area contributed by atoms with Crippen molar-refractivity contribution in [2.45, 2.75) is 24.7 Å². The molecule has 0 radical (unpaired) electrons. The molecule has 1 heterocycles. The zero-order valence-corrected chi connectivity index (χ0v) is 9.47. The van der Waals surface area contributed by atoms with Crippen molar-refractivity contribution < 1.29 is 4.52 Å². The van der Waals surface area contributed by atoms with Gasteiger partial charge in [-0.25, -0.2) is 0 Å². The highest BCUT2D eigenvalue weighted by atomic mass is 16.5. The lowest BCUT2D eigenvalue weighted by Crippen LogP contribution is -2.00. The van der Waals surface area contributed by atoms with Gasteiger partial charge in [-0.05, 0) is 35.8 Å². The molecule has 1 fully saturated rings. The quantitative estimate of drug-likeness (QED) is 0.813. The first-order valence-electron chi connectivity index (χ1n) is 6.14. The number of nitrogens with two attached hydrogens (primary N) is 1. The van der Waals surface area contributed by atoms with Crippen molar-refractivity contribution in [1.29, 1.82) is 0 Å². The topological polar surface area (TPSA) is 52.0 Å². The van der Waals surface area contributed by atoms with Crippen molar-refractivity contribution >= 4 is 5.82 Å². The number of anilines is 1. The van der Waals surface area contributed by atoms with Crippen molar-refractivity contribution in [3.63, 3.8) is 0 Å². The molecule has 3 atom stereocenters. The fourth-order valence-electron chi connectivity index (χ4n) is 3.42. The molecule has 4 rings (SSSR count). The molecule has 1 saturated carbocycles. The molecule has 0 amide bonds. The van der Waals surface area contributed by atoms with E-state index < -0.39 is 0 Å². The van der Waals surface area contributed by atoms with Crippen LogP contribution in [0.5, 0.6) is 0 Å². The Hall–Kier alpha value is -1.77. The van der Waals surface area contributed by atoms with Crippen LogP contribution in [0.2, 0.25) is 0 Å². The van der Waals surface area contributed by atoms with E-state index in [9.17, 15) is 0 Å². The van der Waals surface area contributed by atoms with Gasteiger partial charge in [-0.1, -0.05) is 29.4 Å². The first-order chi connectivity index (χ1) is 8.34.